The smallest absolute Gasteiger partial charge is 0.248 e. The van der Waals surface area contributed by atoms with Gasteiger partial charge in [-0.25, -0.2) is 4.68 Å². The van der Waals surface area contributed by atoms with Gasteiger partial charge in [0, 0.05) is 11.8 Å². The second-order valence-electron chi connectivity index (χ2n) is 3.60. The molecule has 0 aliphatic rings. The maximum atomic E-state index is 11.1. The molecular weight excluding hydrogens is 204 g/mol. The van der Waals surface area contributed by atoms with Crippen LogP contribution in [0.15, 0.2) is 30.6 Å². The van der Waals surface area contributed by atoms with Gasteiger partial charge in [-0.05, 0) is 30.7 Å². The predicted molar refractivity (Wildman–Crippen MR) is 61.2 cm³/mol. The van der Waals surface area contributed by atoms with Gasteiger partial charge in [0.1, 0.15) is 0 Å². The van der Waals surface area contributed by atoms with E-state index in [1.807, 2.05) is 13.1 Å². The molecule has 0 unspecified atom stereocenters. The molecule has 4 N–H and O–H groups in total. The Kier molecular flexibility index (Phi) is 2.36. The minimum atomic E-state index is -0.481. The minimum absolute atomic E-state index is 0.414. The third kappa shape index (κ3) is 1.75. The van der Waals surface area contributed by atoms with Gasteiger partial charge < -0.3 is 11.5 Å². The summed E-state index contributed by atoms with van der Waals surface area (Å²) in [5.41, 5.74) is 13.7. The Hall–Kier alpha value is -2.30. The number of nitrogen functional groups attached to an aromatic ring is 1. The van der Waals surface area contributed by atoms with Crippen molar-refractivity contribution in [3.63, 3.8) is 0 Å². The molecule has 0 atom stereocenters. The van der Waals surface area contributed by atoms with Gasteiger partial charge in [-0.3, -0.25) is 4.79 Å². The first-order valence-electron chi connectivity index (χ1n) is 4.79. The van der Waals surface area contributed by atoms with Gasteiger partial charge >= 0.3 is 0 Å². The van der Waals surface area contributed by atoms with Crippen LogP contribution in [0.3, 0.4) is 0 Å². The van der Waals surface area contributed by atoms with Crippen molar-refractivity contribution < 1.29 is 4.79 Å². The summed E-state index contributed by atoms with van der Waals surface area (Å²) in [7, 11) is 0. The lowest BCUT2D eigenvalue weighted by atomic mass is 10.1. The van der Waals surface area contributed by atoms with Crippen molar-refractivity contribution >= 4 is 11.6 Å². The quantitative estimate of drug-likeness (QED) is 0.730. The number of hydrogen-bond donors (Lipinski definition) is 2. The normalized spacial score (nSPS) is 10.3. The van der Waals surface area contributed by atoms with E-state index in [2.05, 4.69) is 5.10 Å². The fourth-order valence-corrected chi connectivity index (χ4v) is 1.44. The van der Waals surface area contributed by atoms with E-state index >= 15 is 0 Å². The highest BCUT2D eigenvalue weighted by molar-refractivity contribution is 5.94. The van der Waals surface area contributed by atoms with Crippen LogP contribution in [0.4, 0.5) is 5.69 Å². The number of aryl methyl sites for hydroxylation is 1. The molecule has 1 aromatic carbocycles. The van der Waals surface area contributed by atoms with Crippen LogP contribution in [-0.2, 0) is 0 Å². The highest BCUT2D eigenvalue weighted by Gasteiger charge is 2.07. The van der Waals surface area contributed by atoms with Crippen LogP contribution in [0, 0.1) is 6.92 Å². The Labute approximate surface area is 92.7 Å². The molecule has 1 aromatic heterocycles. The van der Waals surface area contributed by atoms with E-state index in [1.165, 1.54) is 0 Å². The van der Waals surface area contributed by atoms with Gasteiger partial charge in [0.2, 0.25) is 5.91 Å². The molecule has 2 aromatic rings. The van der Waals surface area contributed by atoms with Gasteiger partial charge in [0.15, 0.2) is 0 Å². The maximum Gasteiger partial charge on any atom is 0.248 e. The van der Waals surface area contributed by atoms with Crippen LogP contribution >= 0.6 is 0 Å². The highest BCUT2D eigenvalue weighted by atomic mass is 16.1. The van der Waals surface area contributed by atoms with Crippen molar-refractivity contribution in [1.82, 2.24) is 9.78 Å². The Morgan fingerprint density at radius 1 is 1.44 bits per heavy atom. The van der Waals surface area contributed by atoms with Crippen LogP contribution in [0.25, 0.3) is 5.69 Å². The predicted octanol–water partition coefficient (Wildman–Crippen LogP) is 0.862. The molecule has 2 rings (SSSR count). The van der Waals surface area contributed by atoms with E-state index in [1.54, 1.807) is 29.1 Å². The zero-order valence-electron chi connectivity index (χ0n) is 8.84. The Morgan fingerprint density at radius 2 is 2.19 bits per heavy atom. The summed E-state index contributed by atoms with van der Waals surface area (Å²) in [6.07, 6.45) is 3.55. The van der Waals surface area contributed by atoms with Gasteiger partial charge in [0.25, 0.3) is 0 Å². The van der Waals surface area contributed by atoms with Gasteiger partial charge in [0.05, 0.1) is 17.6 Å². The van der Waals surface area contributed by atoms with Crippen LogP contribution in [-0.4, -0.2) is 15.7 Å². The number of primary amides is 1. The molecule has 0 saturated carbocycles. The molecule has 0 radical (unpaired) electrons. The fourth-order valence-electron chi connectivity index (χ4n) is 1.44. The van der Waals surface area contributed by atoms with Crippen molar-refractivity contribution in [1.29, 1.82) is 0 Å². The monoisotopic (exact) mass is 216 g/mol. The van der Waals surface area contributed by atoms with Gasteiger partial charge in [-0.1, -0.05) is 0 Å². The Bertz CT molecular complexity index is 545. The number of nitrogens with zero attached hydrogens (tertiary/aromatic N) is 2. The van der Waals surface area contributed by atoms with Crippen LogP contribution in [0.2, 0.25) is 0 Å². The zero-order valence-corrected chi connectivity index (χ0v) is 8.84. The fraction of sp³-hybridized carbons (Fsp3) is 0.0909. The summed E-state index contributed by atoms with van der Waals surface area (Å²) in [5, 5.41) is 4.13. The Morgan fingerprint density at radius 3 is 2.75 bits per heavy atom. The molecule has 0 spiro atoms. The summed E-state index contributed by atoms with van der Waals surface area (Å²) in [4.78, 5) is 11.1. The largest absolute Gasteiger partial charge is 0.397 e. The number of anilines is 1. The molecule has 0 bridgehead atoms. The van der Waals surface area contributed by atoms with Crippen molar-refractivity contribution in [2.75, 3.05) is 5.73 Å². The van der Waals surface area contributed by atoms with Crippen molar-refractivity contribution in [3.05, 3.63) is 41.7 Å². The van der Waals surface area contributed by atoms with E-state index in [0.717, 1.165) is 5.56 Å². The minimum Gasteiger partial charge on any atom is -0.397 e. The number of nitrogens with two attached hydrogens (primary N) is 2. The second-order valence-corrected chi connectivity index (χ2v) is 3.60. The van der Waals surface area contributed by atoms with Crippen molar-refractivity contribution in [3.8, 4) is 5.69 Å². The number of hydrogen-bond acceptors (Lipinski definition) is 3. The highest BCUT2D eigenvalue weighted by Crippen LogP contribution is 2.18. The Balaban J connectivity index is 2.55. The molecule has 16 heavy (non-hydrogen) atoms. The average molecular weight is 216 g/mol. The molecule has 0 aliphatic heterocycles. The van der Waals surface area contributed by atoms with Gasteiger partial charge in [-0.2, -0.15) is 5.10 Å². The summed E-state index contributed by atoms with van der Waals surface area (Å²) >= 11 is 0. The number of rotatable bonds is 2. The number of carbonyl (C=O) groups excluding carboxylic acids is 1. The first kappa shape index (κ1) is 10.2. The summed E-state index contributed by atoms with van der Waals surface area (Å²) in [6, 6.07) is 4.87. The van der Waals surface area contributed by atoms with Crippen LogP contribution in [0.5, 0.6) is 0 Å². The number of carbonyl (C=O) groups is 1. The van der Waals surface area contributed by atoms with Crippen LogP contribution < -0.4 is 11.5 Å². The maximum absolute atomic E-state index is 11.1. The van der Waals surface area contributed by atoms with E-state index in [-0.39, 0.29) is 0 Å². The van der Waals surface area contributed by atoms with Crippen LogP contribution in [0.1, 0.15) is 15.9 Å². The second kappa shape index (κ2) is 3.69. The molecular formula is C11H12N4O. The molecule has 5 heteroatoms. The summed E-state index contributed by atoms with van der Waals surface area (Å²) in [5.74, 6) is -0.481. The van der Waals surface area contributed by atoms with E-state index in [9.17, 15) is 4.79 Å². The van der Waals surface area contributed by atoms with Crippen molar-refractivity contribution in [2.24, 2.45) is 5.73 Å². The van der Waals surface area contributed by atoms with Crippen molar-refractivity contribution in [2.45, 2.75) is 6.92 Å². The first-order chi connectivity index (χ1) is 7.58. The molecule has 0 fully saturated rings. The van der Waals surface area contributed by atoms with E-state index in [4.69, 9.17) is 11.5 Å². The lowest BCUT2D eigenvalue weighted by Gasteiger charge is -2.06. The number of aromatic nitrogens is 2. The van der Waals surface area contributed by atoms with E-state index in [0.29, 0.717) is 16.9 Å². The third-order valence-electron chi connectivity index (χ3n) is 2.27. The van der Waals surface area contributed by atoms with E-state index < -0.39 is 5.91 Å². The summed E-state index contributed by atoms with van der Waals surface area (Å²) < 4.78 is 1.62. The molecule has 5 nitrogen and oxygen atoms in total. The lowest BCUT2D eigenvalue weighted by molar-refractivity contribution is 0.100. The zero-order chi connectivity index (χ0) is 11.7. The summed E-state index contributed by atoms with van der Waals surface area (Å²) in [6.45, 7) is 1.93. The molecule has 1 heterocycles. The number of amides is 1. The SMILES string of the molecule is Cc1cnn(-c2cc(C(N)=O)ccc2N)c1. The molecule has 0 aliphatic carbocycles. The average Bonchev–Trinajstić information content (AvgIpc) is 2.65. The third-order valence-corrected chi connectivity index (χ3v) is 2.27. The topological polar surface area (TPSA) is 86.9 Å². The molecule has 82 valence electrons. The standard InChI is InChI=1S/C11H12N4O/c1-7-5-14-15(6-7)10-4-8(11(13)16)2-3-9(10)12/h2-6H,12H2,1H3,(H2,13,16). The lowest BCUT2D eigenvalue weighted by Crippen LogP contribution is -2.12. The first-order valence-corrected chi connectivity index (χ1v) is 4.79. The molecule has 1 amide bonds. The number of benzene rings is 1. The molecule has 0 saturated heterocycles. The van der Waals surface area contributed by atoms with Gasteiger partial charge in [-0.15, -0.1) is 0 Å².